The first-order chi connectivity index (χ1) is 9.09. The molecule has 5 heteroatoms. The van der Waals surface area contributed by atoms with Gasteiger partial charge in [-0.3, -0.25) is 4.79 Å². The van der Waals surface area contributed by atoms with E-state index in [0.717, 1.165) is 19.2 Å². The number of hydrogen-bond acceptors (Lipinski definition) is 2. The summed E-state index contributed by atoms with van der Waals surface area (Å²) in [6.07, 6.45) is 0.448. The third kappa shape index (κ3) is 3.29. The summed E-state index contributed by atoms with van der Waals surface area (Å²) in [5.41, 5.74) is 0.260. The first-order valence-electron chi connectivity index (χ1n) is 6.52. The Kier molecular flexibility index (Phi) is 4.47. The van der Waals surface area contributed by atoms with Gasteiger partial charge in [-0.25, -0.2) is 8.78 Å². The molecule has 0 bridgehead atoms. The van der Waals surface area contributed by atoms with Crippen LogP contribution in [-0.2, 0) is 11.2 Å². The number of nitrogens with zero attached hydrogens (tertiary/aromatic N) is 1. The van der Waals surface area contributed by atoms with Gasteiger partial charge in [0.15, 0.2) is 11.6 Å². The fourth-order valence-corrected chi connectivity index (χ4v) is 2.34. The average molecular weight is 268 g/mol. The van der Waals surface area contributed by atoms with E-state index in [0.29, 0.717) is 6.54 Å². The molecule has 0 aromatic heterocycles. The zero-order valence-corrected chi connectivity index (χ0v) is 11.0. The van der Waals surface area contributed by atoms with E-state index in [-0.39, 0.29) is 30.4 Å². The maximum absolute atomic E-state index is 13.5. The fourth-order valence-electron chi connectivity index (χ4n) is 2.34. The number of piperazine rings is 1. The highest BCUT2D eigenvalue weighted by atomic mass is 19.2. The number of rotatable bonds is 3. The maximum atomic E-state index is 13.5. The minimum atomic E-state index is -0.861. The molecule has 1 aromatic rings. The summed E-state index contributed by atoms with van der Waals surface area (Å²) >= 11 is 0. The van der Waals surface area contributed by atoms with Crippen molar-refractivity contribution >= 4 is 5.91 Å². The van der Waals surface area contributed by atoms with Gasteiger partial charge in [0.25, 0.3) is 0 Å². The minimum Gasteiger partial charge on any atom is -0.337 e. The van der Waals surface area contributed by atoms with Crippen molar-refractivity contribution in [2.75, 3.05) is 19.6 Å². The van der Waals surface area contributed by atoms with Crippen molar-refractivity contribution in [3.05, 3.63) is 35.4 Å². The number of nitrogens with one attached hydrogen (secondary N) is 1. The first kappa shape index (κ1) is 13.9. The quantitative estimate of drug-likeness (QED) is 0.905. The predicted molar refractivity (Wildman–Crippen MR) is 68.7 cm³/mol. The van der Waals surface area contributed by atoms with Crippen LogP contribution in [0.15, 0.2) is 18.2 Å². The van der Waals surface area contributed by atoms with Crippen molar-refractivity contribution < 1.29 is 13.6 Å². The number of carbonyl (C=O) groups is 1. The van der Waals surface area contributed by atoms with Crippen LogP contribution in [0.1, 0.15) is 18.9 Å². The van der Waals surface area contributed by atoms with E-state index in [9.17, 15) is 13.6 Å². The molecule has 1 aromatic carbocycles. The molecular formula is C14H18F2N2O. The molecule has 0 aliphatic carbocycles. The Bertz CT molecular complexity index is 465. The number of amides is 1. The molecule has 0 radical (unpaired) electrons. The Hall–Kier alpha value is -1.49. The van der Waals surface area contributed by atoms with E-state index in [2.05, 4.69) is 5.32 Å². The van der Waals surface area contributed by atoms with Crippen LogP contribution in [0.3, 0.4) is 0 Å². The number of carbonyl (C=O) groups excluding carboxylic acids is 1. The van der Waals surface area contributed by atoms with Crippen LogP contribution in [0.5, 0.6) is 0 Å². The summed E-state index contributed by atoms with van der Waals surface area (Å²) in [7, 11) is 0. The van der Waals surface area contributed by atoms with Crippen molar-refractivity contribution in [1.29, 1.82) is 0 Å². The molecule has 1 aliphatic heterocycles. The molecule has 19 heavy (non-hydrogen) atoms. The number of hydrogen-bond donors (Lipinski definition) is 1. The van der Waals surface area contributed by atoms with Crippen LogP contribution in [0.25, 0.3) is 0 Å². The van der Waals surface area contributed by atoms with Crippen LogP contribution in [0.2, 0.25) is 0 Å². The molecule has 1 heterocycles. The third-order valence-electron chi connectivity index (χ3n) is 3.46. The number of benzene rings is 1. The van der Waals surface area contributed by atoms with Crippen molar-refractivity contribution in [1.82, 2.24) is 10.2 Å². The number of halogens is 2. The third-order valence-corrected chi connectivity index (χ3v) is 3.46. The minimum absolute atomic E-state index is 0.00217. The van der Waals surface area contributed by atoms with Gasteiger partial charge in [0.1, 0.15) is 0 Å². The van der Waals surface area contributed by atoms with Crippen molar-refractivity contribution in [2.24, 2.45) is 0 Å². The molecule has 0 saturated carbocycles. The summed E-state index contributed by atoms with van der Waals surface area (Å²) < 4.78 is 26.5. The lowest BCUT2D eigenvalue weighted by atomic mass is 10.1. The summed E-state index contributed by atoms with van der Waals surface area (Å²) in [6.45, 7) is 4.21. The van der Waals surface area contributed by atoms with Crippen molar-refractivity contribution in [2.45, 2.75) is 25.8 Å². The van der Waals surface area contributed by atoms with Gasteiger partial charge in [0.05, 0.1) is 0 Å². The Morgan fingerprint density at radius 3 is 3.00 bits per heavy atom. The summed E-state index contributed by atoms with van der Waals surface area (Å²) in [6, 6.07) is 4.22. The molecule has 1 N–H and O–H groups in total. The highest BCUT2D eigenvalue weighted by Crippen LogP contribution is 2.14. The molecular weight excluding hydrogens is 250 g/mol. The molecule has 0 spiro atoms. The van der Waals surface area contributed by atoms with Gasteiger partial charge in [-0.15, -0.1) is 0 Å². The standard InChI is InChI=1S/C14H18F2N2O/c1-10-9-17-7-8-18(10)13(19)6-5-11-3-2-4-12(15)14(11)16/h2-4,10,17H,5-9H2,1H3/t10-/m0/s1. The smallest absolute Gasteiger partial charge is 0.223 e. The van der Waals surface area contributed by atoms with Gasteiger partial charge in [-0.1, -0.05) is 12.1 Å². The molecule has 1 fully saturated rings. The molecule has 1 saturated heterocycles. The molecule has 0 unspecified atom stereocenters. The van der Waals surface area contributed by atoms with E-state index in [1.54, 1.807) is 4.90 Å². The van der Waals surface area contributed by atoms with E-state index in [1.165, 1.54) is 12.1 Å². The summed E-state index contributed by atoms with van der Waals surface area (Å²) in [4.78, 5) is 13.9. The average Bonchev–Trinajstić information content (AvgIpc) is 2.40. The number of aryl methyl sites for hydroxylation is 1. The zero-order valence-electron chi connectivity index (χ0n) is 11.0. The van der Waals surface area contributed by atoms with Crippen LogP contribution >= 0.6 is 0 Å². The molecule has 2 rings (SSSR count). The zero-order chi connectivity index (χ0) is 13.8. The first-order valence-corrected chi connectivity index (χ1v) is 6.52. The van der Waals surface area contributed by atoms with Crippen molar-refractivity contribution in [3.8, 4) is 0 Å². The maximum Gasteiger partial charge on any atom is 0.223 e. The van der Waals surface area contributed by atoms with E-state index >= 15 is 0 Å². The normalized spacial score (nSPS) is 19.5. The van der Waals surface area contributed by atoms with E-state index in [4.69, 9.17) is 0 Å². The molecule has 1 atom stereocenters. The summed E-state index contributed by atoms with van der Waals surface area (Å²) in [5.74, 6) is -1.71. The van der Waals surface area contributed by atoms with E-state index in [1.807, 2.05) is 6.92 Å². The monoisotopic (exact) mass is 268 g/mol. The molecule has 104 valence electrons. The van der Waals surface area contributed by atoms with Gasteiger partial charge >= 0.3 is 0 Å². The van der Waals surface area contributed by atoms with Crippen LogP contribution < -0.4 is 5.32 Å². The Morgan fingerprint density at radius 2 is 2.26 bits per heavy atom. The predicted octanol–water partition coefficient (Wildman–Crippen LogP) is 1.72. The van der Waals surface area contributed by atoms with E-state index < -0.39 is 11.6 Å². The molecule has 3 nitrogen and oxygen atoms in total. The lowest BCUT2D eigenvalue weighted by molar-refractivity contribution is -0.133. The van der Waals surface area contributed by atoms with Gasteiger partial charge < -0.3 is 10.2 Å². The second-order valence-electron chi connectivity index (χ2n) is 4.85. The molecule has 1 aliphatic rings. The van der Waals surface area contributed by atoms with Crippen LogP contribution in [0, 0.1) is 11.6 Å². The fraction of sp³-hybridized carbons (Fsp3) is 0.500. The van der Waals surface area contributed by atoms with Crippen LogP contribution in [0.4, 0.5) is 8.78 Å². The molecule has 1 amide bonds. The highest BCUT2D eigenvalue weighted by Gasteiger charge is 2.22. The van der Waals surface area contributed by atoms with Gasteiger partial charge in [0, 0.05) is 32.1 Å². The summed E-state index contributed by atoms with van der Waals surface area (Å²) in [5, 5.41) is 3.21. The van der Waals surface area contributed by atoms with Crippen molar-refractivity contribution in [3.63, 3.8) is 0 Å². The van der Waals surface area contributed by atoms with Gasteiger partial charge in [0.2, 0.25) is 5.91 Å². The van der Waals surface area contributed by atoms with Crippen LogP contribution in [-0.4, -0.2) is 36.5 Å². The van der Waals surface area contributed by atoms with Gasteiger partial charge in [-0.2, -0.15) is 0 Å². The SMILES string of the molecule is C[C@H]1CNCCN1C(=O)CCc1cccc(F)c1F. The second-order valence-corrected chi connectivity index (χ2v) is 4.85. The largest absolute Gasteiger partial charge is 0.337 e. The Morgan fingerprint density at radius 1 is 1.47 bits per heavy atom. The topological polar surface area (TPSA) is 32.3 Å². The Labute approximate surface area is 111 Å². The Balaban J connectivity index is 1.94. The lowest BCUT2D eigenvalue weighted by Gasteiger charge is -2.34. The lowest BCUT2D eigenvalue weighted by Crippen LogP contribution is -2.52. The second kappa shape index (κ2) is 6.10. The highest BCUT2D eigenvalue weighted by molar-refractivity contribution is 5.77. The van der Waals surface area contributed by atoms with Gasteiger partial charge in [-0.05, 0) is 25.0 Å².